The van der Waals surface area contributed by atoms with Gasteiger partial charge in [0.25, 0.3) is 0 Å². The Morgan fingerprint density at radius 2 is 1.79 bits per heavy atom. The molecule has 1 aliphatic rings. The summed E-state index contributed by atoms with van der Waals surface area (Å²) >= 11 is 0. The van der Waals surface area contributed by atoms with Gasteiger partial charge in [-0.05, 0) is 49.2 Å². The van der Waals surface area contributed by atoms with Crippen LogP contribution in [0, 0.1) is 6.92 Å². The Kier molecular flexibility index (Phi) is 3.43. The topological polar surface area (TPSA) is 12.5 Å². The van der Waals surface area contributed by atoms with Crippen LogP contribution in [0.3, 0.4) is 0 Å². The fourth-order valence-electron chi connectivity index (χ4n) is 2.82. The zero-order valence-corrected chi connectivity index (χ0v) is 11.7. The number of hydrogen-bond acceptors (Lipinski definition) is 2. The molecule has 0 aromatic heterocycles. The van der Waals surface area contributed by atoms with E-state index in [1.807, 2.05) is 0 Å². The second-order valence-corrected chi connectivity index (χ2v) is 5.53. The second kappa shape index (κ2) is 5.22. The summed E-state index contributed by atoms with van der Waals surface area (Å²) in [6.45, 7) is 4.43. The summed E-state index contributed by atoms with van der Waals surface area (Å²) < 4.78 is 6.22. The highest BCUT2D eigenvalue weighted by Crippen LogP contribution is 2.29. The molecule has 1 saturated heterocycles. The summed E-state index contributed by atoms with van der Waals surface area (Å²) in [5.74, 6) is 1.05. The third-order valence-electron chi connectivity index (χ3n) is 4.11. The third kappa shape index (κ3) is 2.59. The van der Waals surface area contributed by atoms with Crippen molar-refractivity contribution in [3.8, 4) is 5.75 Å². The summed E-state index contributed by atoms with van der Waals surface area (Å²) in [4.78, 5) is 2.37. The molecule has 2 heteroatoms. The molecule has 0 spiro atoms. The number of fused-ring (bicyclic) bond motifs is 1. The minimum absolute atomic E-state index is 0.371. The number of nitrogens with zero attached hydrogens (tertiary/aromatic N) is 1. The van der Waals surface area contributed by atoms with E-state index in [9.17, 15) is 0 Å². The van der Waals surface area contributed by atoms with Crippen molar-refractivity contribution >= 4 is 10.8 Å². The third-order valence-corrected chi connectivity index (χ3v) is 4.11. The molecule has 0 N–H and O–H groups in total. The number of piperidine rings is 1. The van der Waals surface area contributed by atoms with Gasteiger partial charge in [-0.15, -0.1) is 0 Å². The molecular weight excluding hydrogens is 234 g/mol. The van der Waals surface area contributed by atoms with Crippen molar-refractivity contribution in [2.45, 2.75) is 25.9 Å². The molecule has 2 aromatic rings. The van der Waals surface area contributed by atoms with Crippen LogP contribution in [-0.2, 0) is 0 Å². The molecule has 19 heavy (non-hydrogen) atoms. The molecule has 2 aromatic carbocycles. The van der Waals surface area contributed by atoms with Gasteiger partial charge in [0.15, 0.2) is 0 Å². The van der Waals surface area contributed by atoms with Gasteiger partial charge < -0.3 is 9.64 Å². The van der Waals surface area contributed by atoms with E-state index in [0.717, 1.165) is 31.7 Å². The summed E-state index contributed by atoms with van der Waals surface area (Å²) in [6.07, 6.45) is 2.63. The van der Waals surface area contributed by atoms with Crippen LogP contribution in [0.15, 0.2) is 36.4 Å². The predicted molar refractivity (Wildman–Crippen MR) is 79.8 cm³/mol. The lowest BCUT2D eigenvalue weighted by Gasteiger charge is -2.29. The minimum atomic E-state index is 0.371. The van der Waals surface area contributed by atoms with Crippen LogP contribution in [0.25, 0.3) is 10.8 Å². The average molecular weight is 255 g/mol. The minimum Gasteiger partial charge on any atom is -0.490 e. The lowest BCUT2D eigenvalue weighted by molar-refractivity contribution is 0.114. The van der Waals surface area contributed by atoms with Crippen molar-refractivity contribution < 1.29 is 4.74 Å². The fourth-order valence-corrected chi connectivity index (χ4v) is 2.82. The SMILES string of the molecule is Cc1c(OC2CCN(C)CC2)ccc2ccccc12. The molecule has 0 atom stereocenters. The maximum atomic E-state index is 6.22. The first kappa shape index (κ1) is 12.5. The van der Waals surface area contributed by atoms with Gasteiger partial charge in [-0.2, -0.15) is 0 Å². The van der Waals surface area contributed by atoms with E-state index >= 15 is 0 Å². The smallest absolute Gasteiger partial charge is 0.123 e. The van der Waals surface area contributed by atoms with Crippen LogP contribution in [0.2, 0.25) is 0 Å². The number of likely N-dealkylation sites (tertiary alicyclic amines) is 1. The van der Waals surface area contributed by atoms with Gasteiger partial charge in [-0.3, -0.25) is 0 Å². The van der Waals surface area contributed by atoms with Crippen LogP contribution in [-0.4, -0.2) is 31.1 Å². The predicted octanol–water partition coefficient (Wildman–Crippen LogP) is 3.62. The molecule has 0 radical (unpaired) electrons. The fraction of sp³-hybridized carbons (Fsp3) is 0.412. The Hall–Kier alpha value is -1.54. The highest BCUT2D eigenvalue weighted by atomic mass is 16.5. The zero-order valence-electron chi connectivity index (χ0n) is 11.7. The summed E-state index contributed by atoms with van der Waals surface area (Å²) in [5.41, 5.74) is 1.26. The first-order valence-corrected chi connectivity index (χ1v) is 7.07. The molecule has 0 saturated carbocycles. The number of ether oxygens (including phenoxy) is 1. The monoisotopic (exact) mass is 255 g/mol. The Labute approximate surface area is 115 Å². The van der Waals surface area contributed by atoms with Crippen molar-refractivity contribution in [2.24, 2.45) is 0 Å². The number of hydrogen-bond donors (Lipinski definition) is 0. The highest BCUT2D eigenvalue weighted by molar-refractivity contribution is 5.87. The largest absolute Gasteiger partial charge is 0.490 e. The van der Waals surface area contributed by atoms with Crippen LogP contribution < -0.4 is 4.74 Å². The van der Waals surface area contributed by atoms with Crippen LogP contribution in [0.5, 0.6) is 5.75 Å². The average Bonchev–Trinajstić information content (AvgIpc) is 2.45. The van der Waals surface area contributed by atoms with Crippen LogP contribution in [0.1, 0.15) is 18.4 Å². The lowest BCUT2D eigenvalue weighted by atomic mass is 10.0. The Balaban J connectivity index is 1.83. The van der Waals surface area contributed by atoms with E-state index in [-0.39, 0.29) is 0 Å². The summed E-state index contributed by atoms with van der Waals surface area (Å²) in [6, 6.07) is 12.8. The molecule has 2 nitrogen and oxygen atoms in total. The van der Waals surface area contributed by atoms with E-state index < -0.39 is 0 Å². The maximum Gasteiger partial charge on any atom is 0.123 e. The van der Waals surface area contributed by atoms with Gasteiger partial charge in [-0.25, -0.2) is 0 Å². The molecule has 0 aliphatic carbocycles. The van der Waals surface area contributed by atoms with Crippen molar-refractivity contribution in [1.29, 1.82) is 0 Å². The van der Waals surface area contributed by atoms with Crippen LogP contribution in [0.4, 0.5) is 0 Å². The Morgan fingerprint density at radius 3 is 2.58 bits per heavy atom. The first-order chi connectivity index (χ1) is 9.24. The Morgan fingerprint density at radius 1 is 1.05 bits per heavy atom. The van der Waals surface area contributed by atoms with Gasteiger partial charge in [0.05, 0.1) is 0 Å². The standard InChI is InChI=1S/C17H21NO/c1-13-16-6-4-3-5-14(16)7-8-17(13)19-15-9-11-18(2)12-10-15/h3-8,15H,9-12H2,1-2H3. The van der Waals surface area contributed by atoms with E-state index in [0.29, 0.717) is 6.10 Å². The summed E-state index contributed by atoms with van der Waals surface area (Å²) in [7, 11) is 2.18. The van der Waals surface area contributed by atoms with E-state index in [2.05, 4.69) is 55.3 Å². The Bertz CT molecular complexity index is 570. The van der Waals surface area contributed by atoms with Gasteiger partial charge in [0.1, 0.15) is 11.9 Å². The zero-order chi connectivity index (χ0) is 13.2. The number of aryl methyl sites for hydroxylation is 1. The first-order valence-electron chi connectivity index (χ1n) is 7.07. The molecular formula is C17H21NO. The van der Waals surface area contributed by atoms with Crippen molar-refractivity contribution in [3.05, 3.63) is 42.0 Å². The molecule has 1 heterocycles. The van der Waals surface area contributed by atoms with Crippen molar-refractivity contribution in [2.75, 3.05) is 20.1 Å². The highest BCUT2D eigenvalue weighted by Gasteiger charge is 2.18. The molecule has 0 bridgehead atoms. The normalized spacial score (nSPS) is 17.8. The van der Waals surface area contributed by atoms with Crippen molar-refractivity contribution in [3.63, 3.8) is 0 Å². The van der Waals surface area contributed by atoms with E-state index in [1.54, 1.807) is 0 Å². The van der Waals surface area contributed by atoms with Gasteiger partial charge in [0.2, 0.25) is 0 Å². The van der Waals surface area contributed by atoms with E-state index in [4.69, 9.17) is 4.74 Å². The summed E-state index contributed by atoms with van der Waals surface area (Å²) in [5, 5.41) is 2.59. The van der Waals surface area contributed by atoms with Crippen LogP contribution >= 0.6 is 0 Å². The molecule has 1 fully saturated rings. The second-order valence-electron chi connectivity index (χ2n) is 5.53. The quantitative estimate of drug-likeness (QED) is 0.812. The van der Waals surface area contributed by atoms with Gasteiger partial charge in [0, 0.05) is 13.1 Å². The molecule has 1 aliphatic heterocycles. The number of benzene rings is 2. The molecule has 3 rings (SSSR count). The van der Waals surface area contributed by atoms with E-state index in [1.165, 1.54) is 16.3 Å². The molecule has 100 valence electrons. The number of rotatable bonds is 2. The van der Waals surface area contributed by atoms with Crippen molar-refractivity contribution in [1.82, 2.24) is 4.90 Å². The lowest BCUT2D eigenvalue weighted by Crippen LogP contribution is -2.35. The van der Waals surface area contributed by atoms with Gasteiger partial charge in [-0.1, -0.05) is 30.3 Å². The maximum absolute atomic E-state index is 6.22. The molecule has 0 unspecified atom stereocenters. The molecule has 0 amide bonds. The van der Waals surface area contributed by atoms with Gasteiger partial charge >= 0.3 is 0 Å².